The molecular weight excluding hydrogens is 267 g/mol. The van der Waals surface area contributed by atoms with Crippen LogP contribution >= 0.6 is 0 Å². The van der Waals surface area contributed by atoms with Crippen molar-refractivity contribution >= 4 is 5.69 Å². The zero-order chi connectivity index (χ0) is 15.1. The van der Waals surface area contributed by atoms with Gasteiger partial charge >= 0.3 is 0 Å². The lowest BCUT2D eigenvalue weighted by Gasteiger charge is -2.23. The second-order valence-electron chi connectivity index (χ2n) is 4.76. The van der Waals surface area contributed by atoms with Gasteiger partial charge in [0.1, 0.15) is 18.2 Å². The molecule has 112 valence electrons. The van der Waals surface area contributed by atoms with Gasteiger partial charge in [-0.2, -0.15) is 0 Å². The topological polar surface area (TPSA) is 38.5 Å². The van der Waals surface area contributed by atoms with Crippen LogP contribution in [0.3, 0.4) is 0 Å². The quantitative estimate of drug-likeness (QED) is 0.850. The first-order chi connectivity index (χ1) is 10.2. The Hall–Kier alpha value is -2.07. The standard InChI is InChI=1S/C17H21FN2O/c1-2-20(16-8-6-15(18)7-9-16)10-11-21-17-5-3-4-14(12-17)13-19/h3-9,12H,2,10-11,13,19H2,1H3. The fourth-order valence-electron chi connectivity index (χ4n) is 2.16. The maximum Gasteiger partial charge on any atom is 0.123 e. The van der Waals surface area contributed by atoms with Crippen LogP contribution < -0.4 is 15.4 Å². The van der Waals surface area contributed by atoms with Gasteiger partial charge < -0.3 is 15.4 Å². The van der Waals surface area contributed by atoms with Gasteiger partial charge in [0.05, 0.1) is 6.54 Å². The average Bonchev–Trinajstić information content (AvgIpc) is 2.53. The molecule has 0 unspecified atom stereocenters. The Labute approximate surface area is 125 Å². The Balaban J connectivity index is 1.89. The second-order valence-corrected chi connectivity index (χ2v) is 4.76. The van der Waals surface area contributed by atoms with E-state index in [0.717, 1.165) is 30.1 Å². The number of likely N-dealkylation sites (N-methyl/N-ethyl adjacent to an activating group) is 1. The first-order valence-corrected chi connectivity index (χ1v) is 7.15. The molecule has 2 rings (SSSR count). The van der Waals surface area contributed by atoms with Crippen molar-refractivity contribution in [2.45, 2.75) is 13.5 Å². The summed E-state index contributed by atoms with van der Waals surface area (Å²) in [6.07, 6.45) is 0. The first-order valence-electron chi connectivity index (χ1n) is 7.15. The van der Waals surface area contributed by atoms with Gasteiger partial charge in [0, 0.05) is 18.8 Å². The van der Waals surface area contributed by atoms with Crippen LogP contribution in [0.2, 0.25) is 0 Å². The molecule has 2 aromatic carbocycles. The van der Waals surface area contributed by atoms with Crippen molar-refractivity contribution in [2.24, 2.45) is 5.73 Å². The molecule has 4 heteroatoms. The number of benzene rings is 2. The molecule has 0 aliphatic carbocycles. The molecule has 0 amide bonds. The van der Waals surface area contributed by atoms with Gasteiger partial charge in [0.25, 0.3) is 0 Å². The van der Waals surface area contributed by atoms with E-state index in [4.69, 9.17) is 10.5 Å². The lowest BCUT2D eigenvalue weighted by molar-refractivity contribution is 0.324. The van der Waals surface area contributed by atoms with Gasteiger partial charge in [-0.1, -0.05) is 12.1 Å². The summed E-state index contributed by atoms with van der Waals surface area (Å²) in [5.41, 5.74) is 7.66. The van der Waals surface area contributed by atoms with Crippen molar-refractivity contribution in [1.82, 2.24) is 0 Å². The van der Waals surface area contributed by atoms with E-state index in [-0.39, 0.29) is 5.82 Å². The molecule has 21 heavy (non-hydrogen) atoms. The van der Waals surface area contributed by atoms with Gasteiger partial charge in [0.2, 0.25) is 0 Å². The van der Waals surface area contributed by atoms with E-state index in [9.17, 15) is 4.39 Å². The summed E-state index contributed by atoms with van der Waals surface area (Å²) in [6.45, 7) is 4.73. The van der Waals surface area contributed by atoms with E-state index in [2.05, 4.69) is 11.8 Å². The molecule has 2 N–H and O–H groups in total. The van der Waals surface area contributed by atoms with Crippen molar-refractivity contribution in [3.05, 3.63) is 59.9 Å². The zero-order valence-corrected chi connectivity index (χ0v) is 12.3. The van der Waals surface area contributed by atoms with Crippen LogP contribution in [0.5, 0.6) is 5.75 Å². The Kier molecular flexibility index (Phi) is 5.58. The summed E-state index contributed by atoms with van der Waals surface area (Å²) in [7, 11) is 0. The molecule has 0 saturated heterocycles. The van der Waals surface area contributed by atoms with Crippen LogP contribution in [0.1, 0.15) is 12.5 Å². The molecule has 0 aliphatic rings. The maximum atomic E-state index is 12.9. The van der Waals surface area contributed by atoms with Crippen LogP contribution in [0.4, 0.5) is 10.1 Å². The molecule has 3 nitrogen and oxygen atoms in total. The number of halogens is 1. The monoisotopic (exact) mass is 288 g/mol. The molecule has 0 spiro atoms. The molecule has 0 saturated carbocycles. The number of anilines is 1. The van der Waals surface area contributed by atoms with E-state index in [1.807, 2.05) is 24.3 Å². The molecule has 0 aromatic heterocycles. The largest absolute Gasteiger partial charge is 0.492 e. The van der Waals surface area contributed by atoms with E-state index < -0.39 is 0 Å². The normalized spacial score (nSPS) is 10.4. The van der Waals surface area contributed by atoms with Crippen molar-refractivity contribution in [2.75, 3.05) is 24.6 Å². The fourth-order valence-corrected chi connectivity index (χ4v) is 2.16. The van der Waals surface area contributed by atoms with Crippen LogP contribution in [-0.2, 0) is 6.54 Å². The highest BCUT2D eigenvalue weighted by molar-refractivity contribution is 5.46. The van der Waals surface area contributed by atoms with Crippen LogP contribution in [0, 0.1) is 5.82 Å². The third-order valence-corrected chi connectivity index (χ3v) is 3.34. The average molecular weight is 288 g/mol. The van der Waals surface area contributed by atoms with Crippen molar-refractivity contribution < 1.29 is 9.13 Å². The summed E-state index contributed by atoms with van der Waals surface area (Å²) in [4.78, 5) is 2.15. The van der Waals surface area contributed by atoms with Crippen LogP contribution in [-0.4, -0.2) is 19.7 Å². The molecular formula is C17H21FN2O. The van der Waals surface area contributed by atoms with E-state index in [1.54, 1.807) is 12.1 Å². The van der Waals surface area contributed by atoms with Gasteiger partial charge in [-0.3, -0.25) is 0 Å². The van der Waals surface area contributed by atoms with Crippen LogP contribution in [0.15, 0.2) is 48.5 Å². The molecule has 0 bridgehead atoms. The van der Waals surface area contributed by atoms with Crippen LogP contribution in [0.25, 0.3) is 0 Å². The van der Waals surface area contributed by atoms with Gasteiger partial charge in [0.15, 0.2) is 0 Å². The minimum absolute atomic E-state index is 0.218. The Morgan fingerprint density at radius 3 is 2.57 bits per heavy atom. The predicted octanol–water partition coefficient (Wildman–Crippen LogP) is 3.19. The Morgan fingerprint density at radius 1 is 1.14 bits per heavy atom. The third kappa shape index (κ3) is 4.46. The van der Waals surface area contributed by atoms with E-state index >= 15 is 0 Å². The Morgan fingerprint density at radius 2 is 1.90 bits per heavy atom. The van der Waals surface area contributed by atoms with E-state index in [1.165, 1.54) is 12.1 Å². The second kappa shape index (κ2) is 7.64. The third-order valence-electron chi connectivity index (χ3n) is 3.34. The molecule has 0 atom stereocenters. The number of nitrogens with zero attached hydrogens (tertiary/aromatic N) is 1. The molecule has 0 radical (unpaired) electrons. The summed E-state index contributed by atoms with van der Waals surface area (Å²) in [5.74, 6) is 0.609. The number of rotatable bonds is 7. The molecule has 0 aliphatic heterocycles. The zero-order valence-electron chi connectivity index (χ0n) is 12.3. The van der Waals surface area contributed by atoms with Gasteiger partial charge in [-0.15, -0.1) is 0 Å². The fraction of sp³-hybridized carbons (Fsp3) is 0.294. The number of ether oxygens (including phenoxy) is 1. The smallest absolute Gasteiger partial charge is 0.123 e. The summed E-state index contributed by atoms with van der Waals surface area (Å²) in [5, 5.41) is 0. The van der Waals surface area contributed by atoms with Crippen molar-refractivity contribution in [3.63, 3.8) is 0 Å². The van der Waals surface area contributed by atoms with Crippen molar-refractivity contribution in [1.29, 1.82) is 0 Å². The highest BCUT2D eigenvalue weighted by Crippen LogP contribution is 2.16. The number of nitrogens with two attached hydrogens (primary N) is 1. The predicted molar refractivity (Wildman–Crippen MR) is 84.1 cm³/mol. The minimum Gasteiger partial charge on any atom is -0.492 e. The summed E-state index contributed by atoms with van der Waals surface area (Å²) >= 11 is 0. The molecule has 0 fully saturated rings. The van der Waals surface area contributed by atoms with Gasteiger partial charge in [-0.05, 0) is 48.9 Å². The lowest BCUT2D eigenvalue weighted by Crippen LogP contribution is -2.28. The highest BCUT2D eigenvalue weighted by atomic mass is 19.1. The Bertz CT molecular complexity index is 557. The minimum atomic E-state index is -0.218. The van der Waals surface area contributed by atoms with Gasteiger partial charge in [-0.25, -0.2) is 4.39 Å². The first kappa shape index (κ1) is 15.3. The maximum absolute atomic E-state index is 12.9. The number of hydrogen-bond donors (Lipinski definition) is 1. The highest BCUT2D eigenvalue weighted by Gasteiger charge is 2.05. The summed E-state index contributed by atoms with van der Waals surface area (Å²) < 4.78 is 18.7. The SMILES string of the molecule is CCN(CCOc1cccc(CN)c1)c1ccc(F)cc1. The molecule has 2 aromatic rings. The lowest BCUT2D eigenvalue weighted by atomic mass is 10.2. The summed E-state index contributed by atoms with van der Waals surface area (Å²) in [6, 6.07) is 14.3. The van der Waals surface area contributed by atoms with E-state index in [0.29, 0.717) is 13.2 Å². The van der Waals surface area contributed by atoms with Crippen molar-refractivity contribution in [3.8, 4) is 5.75 Å². The molecule has 0 heterocycles. The number of hydrogen-bond acceptors (Lipinski definition) is 3.